The van der Waals surface area contributed by atoms with E-state index in [4.69, 9.17) is 9.47 Å². The van der Waals surface area contributed by atoms with Gasteiger partial charge in [0.25, 0.3) is 0 Å². The summed E-state index contributed by atoms with van der Waals surface area (Å²) in [5.41, 5.74) is 1.38. The summed E-state index contributed by atoms with van der Waals surface area (Å²) in [5.74, 6) is 3.22. The molecule has 2 unspecified atom stereocenters. The zero-order valence-corrected chi connectivity index (χ0v) is 13.5. The Morgan fingerprint density at radius 1 is 1.30 bits per heavy atom. The summed E-state index contributed by atoms with van der Waals surface area (Å²) >= 11 is 3.63. The number of hydrogen-bond donors (Lipinski definition) is 1. The van der Waals surface area contributed by atoms with Crippen molar-refractivity contribution >= 4 is 15.9 Å². The maximum absolute atomic E-state index is 5.81. The minimum Gasteiger partial charge on any atom is -0.490 e. The maximum atomic E-state index is 5.81. The van der Waals surface area contributed by atoms with Crippen molar-refractivity contribution in [2.45, 2.75) is 32.1 Å². The molecule has 0 radical (unpaired) electrons. The molecule has 1 saturated carbocycles. The fourth-order valence-electron chi connectivity index (χ4n) is 2.81. The van der Waals surface area contributed by atoms with Crippen molar-refractivity contribution in [1.29, 1.82) is 0 Å². The van der Waals surface area contributed by atoms with Crippen molar-refractivity contribution in [2.24, 2.45) is 5.92 Å². The van der Waals surface area contributed by atoms with Gasteiger partial charge in [0.05, 0.1) is 17.7 Å². The molecule has 0 bridgehead atoms. The summed E-state index contributed by atoms with van der Waals surface area (Å²) in [6.07, 6.45) is 3.43. The third-order valence-electron chi connectivity index (χ3n) is 4.01. The van der Waals surface area contributed by atoms with E-state index in [0.29, 0.717) is 5.92 Å². The van der Waals surface area contributed by atoms with Crippen LogP contribution in [0, 0.1) is 5.92 Å². The molecule has 0 saturated heterocycles. The van der Waals surface area contributed by atoms with Crippen LogP contribution in [0.5, 0.6) is 11.5 Å². The monoisotopic (exact) mass is 339 g/mol. The molecule has 20 heavy (non-hydrogen) atoms. The summed E-state index contributed by atoms with van der Waals surface area (Å²) in [6, 6.07) is 4.38. The van der Waals surface area contributed by atoms with Gasteiger partial charge in [0.2, 0.25) is 0 Å². The predicted octanol–water partition coefficient (Wildman–Crippen LogP) is 3.71. The second kappa shape index (κ2) is 6.35. The summed E-state index contributed by atoms with van der Waals surface area (Å²) in [7, 11) is 0. The van der Waals surface area contributed by atoms with Crippen LogP contribution in [0.2, 0.25) is 0 Å². The van der Waals surface area contributed by atoms with E-state index >= 15 is 0 Å². The molecule has 0 amide bonds. The van der Waals surface area contributed by atoms with Gasteiger partial charge < -0.3 is 14.8 Å². The van der Waals surface area contributed by atoms with Crippen LogP contribution in [0.15, 0.2) is 16.6 Å². The van der Waals surface area contributed by atoms with E-state index < -0.39 is 0 Å². The zero-order valence-electron chi connectivity index (χ0n) is 12.0. The molecule has 3 nitrogen and oxygen atoms in total. The van der Waals surface area contributed by atoms with Crippen LogP contribution < -0.4 is 14.8 Å². The quantitative estimate of drug-likeness (QED) is 0.829. The van der Waals surface area contributed by atoms with Crippen LogP contribution in [-0.2, 0) is 0 Å². The smallest absolute Gasteiger partial charge is 0.175 e. The third kappa shape index (κ3) is 3.12. The van der Waals surface area contributed by atoms with Crippen molar-refractivity contribution in [1.82, 2.24) is 5.32 Å². The van der Waals surface area contributed by atoms with E-state index in [1.165, 1.54) is 18.4 Å². The van der Waals surface area contributed by atoms with Crippen molar-refractivity contribution in [3.63, 3.8) is 0 Å². The highest BCUT2D eigenvalue weighted by atomic mass is 79.9. The van der Waals surface area contributed by atoms with Crippen molar-refractivity contribution in [3.8, 4) is 11.5 Å². The number of nitrogens with one attached hydrogen (secondary N) is 1. The van der Waals surface area contributed by atoms with Crippen LogP contribution in [0.25, 0.3) is 0 Å². The number of benzene rings is 1. The van der Waals surface area contributed by atoms with Crippen molar-refractivity contribution in [2.75, 3.05) is 26.3 Å². The molecule has 1 aromatic rings. The standard InChI is InChI=1S/C16H22BrNO2/c1-2-4-18-10-12-7-13(12)11-8-14(17)16-15(9-11)19-5-3-6-20-16/h8-9,12-13,18H,2-7,10H2,1H3. The summed E-state index contributed by atoms with van der Waals surface area (Å²) in [5, 5.41) is 3.52. The Hall–Kier alpha value is -0.740. The van der Waals surface area contributed by atoms with E-state index in [1.807, 2.05) is 0 Å². The summed E-state index contributed by atoms with van der Waals surface area (Å²) < 4.78 is 12.6. The lowest BCUT2D eigenvalue weighted by Crippen LogP contribution is -2.17. The molecule has 1 aromatic carbocycles. The topological polar surface area (TPSA) is 30.5 Å². The van der Waals surface area contributed by atoms with Crippen LogP contribution in [0.3, 0.4) is 0 Å². The first-order valence-electron chi connectivity index (χ1n) is 7.59. The Balaban J connectivity index is 1.69. The number of halogens is 1. The second-order valence-corrected chi connectivity index (χ2v) is 6.54. The molecule has 1 N–H and O–H groups in total. The molecule has 110 valence electrons. The van der Waals surface area contributed by atoms with Crippen LogP contribution in [0.4, 0.5) is 0 Å². The third-order valence-corrected chi connectivity index (χ3v) is 4.60. The van der Waals surface area contributed by atoms with E-state index in [2.05, 4.69) is 40.3 Å². The molecule has 0 spiro atoms. The van der Waals surface area contributed by atoms with Gasteiger partial charge in [-0.1, -0.05) is 6.92 Å². The Morgan fingerprint density at radius 3 is 3.00 bits per heavy atom. The number of ether oxygens (including phenoxy) is 2. The van der Waals surface area contributed by atoms with E-state index in [-0.39, 0.29) is 0 Å². The van der Waals surface area contributed by atoms with Gasteiger partial charge >= 0.3 is 0 Å². The first-order valence-corrected chi connectivity index (χ1v) is 8.38. The van der Waals surface area contributed by atoms with Gasteiger partial charge in [-0.3, -0.25) is 0 Å². The van der Waals surface area contributed by atoms with Gasteiger partial charge in [0.1, 0.15) is 0 Å². The highest BCUT2D eigenvalue weighted by molar-refractivity contribution is 9.10. The first-order chi connectivity index (χ1) is 9.79. The highest BCUT2D eigenvalue weighted by Gasteiger charge is 2.38. The van der Waals surface area contributed by atoms with Gasteiger partial charge in [-0.25, -0.2) is 0 Å². The molecule has 1 aliphatic carbocycles. The molecule has 1 fully saturated rings. The van der Waals surface area contributed by atoms with Crippen LogP contribution >= 0.6 is 15.9 Å². The average Bonchev–Trinajstić information content (AvgIpc) is 3.21. The van der Waals surface area contributed by atoms with Gasteiger partial charge in [0, 0.05) is 6.42 Å². The molecule has 1 heterocycles. The lowest BCUT2D eigenvalue weighted by molar-refractivity contribution is 0.296. The van der Waals surface area contributed by atoms with Gasteiger partial charge in [-0.2, -0.15) is 0 Å². The van der Waals surface area contributed by atoms with Gasteiger partial charge in [-0.15, -0.1) is 0 Å². The largest absolute Gasteiger partial charge is 0.490 e. The normalized spacial score (nSPS) is 24.3. The van der Waals surface area contributed by atoms with Crippen molar-refractivity contribution < 1.29 is 9.47 Å². The SMILES string of the molecule is CCCNCC1CC1c1cc(Br)c2c(c1)OCCCO2. The van der Waals surface area contributed by atoms with Gasteiger partial charge in [0.15, 0.2) is 11.5 Å². The molecule has 0 aromatic heterocycles. The predicted molar refractivity (Wildman–Crippen MR) is 83.8 cm³/mol. The number of fused-ring (bicyclic) bond motifs is 1. The number of hydrogen-bond acceptors (Lipinski definition) is 3. The number of rotatable bonds is 5. The Labute approximate surface area is 129 Å². The Morgan fingerprint density at radius 2 is 2.15 bits per heavy atom. The molecular weight excluding hydrogens is 318 g/mol. The molecule has 2 atom stereocenters. The lowest BCUT2D eigenvalue weighted by Gasteiger charge is -2.12. The molecule has 2 aliphatic rings. The fraction of sp³-hybridized carbons (Fsp3) is 0.625. The minimum atomic E-state index is 0.674. The highest BCUT2D eigenvalue weighted by Crippen LogP contribution is 2.50. The Bertz CT molecular complexity index is 478. The van der Waals surface area contributed by atoms with Crippen LogP contribution in [-0.4, -0.2) is 26.3 Å². The zero-order chi connectivity index (χ0) is 13.9. The van der Waals surface area contributed by atoms with E-state index in [9.17, 15) is 0 Å². The molecule has 1 aliphatic heterocycles. The maximum Gasteiger partial charge on any atom is 0.175 e. The Kier molecular flexibility index (Phi) is 4.51. The average molecular weight is 340 g/mol. The molecule has 3 rings (SSSR count). The summed E-state index contributed by atoms with van der Waals surface area (Å²) in [4.78, 5) is 0. The first kappa shape index (κ1) is 14.2. The van der Waals surface area contributed by atoms with E-state index in [0.717, 1.165) is 54.6 Å². The lowest BCUT2D eigenvalue weighted by atomic mass is 10.1. The van der Waals surface area contributed by atoms with E-state index in [1.54, 1.807) is 0 Å². The van der Waals surface area contributed by atoms with Crippen LogP contribution in [0.1, 0.15) is 37.7 Å². The minimum absolute atomic E-state index is 0.674. The van der Waals surface area contributed by atoms with Crippen molar-refractivity contribution in [3.05, 3.63) is 22.2 Å². The summed E-state index contributed by atoms with van der Waals surface area (Å²) in [6.45, 7) is 5.93. The second-order valence-electron chi connectivity index (χ2n) is 5.69. The molecule has 4 heteroatoms. The molecular formula is C16H22BrNO2. The fourth-order valence-corrected chi connectivity index (χ4v) is 3.38. The van der Waals surface area contributed by atoms with Gasteiger partial charge in [-0.05, 0) is 71.4 Å².